The zero-order valence-electron chi connectivity index (χ0n) is 20.1. The first-order valence-corrected chi connectivity index (χ1v) is 12.3. The molecule has 0 aliphatic carbocycles. The maximum Gasteiger partial charge on any atom is 0.259 e. The Labute approximate surface area is 211 Å². The molecule has 0 radical (unpaired) electrons. The second kappa shape index (κ2) is 9.95. The first kappa shape index (κ1) is 23.6. The molecule has 0 bridgehead atoms. The third kappa shape index (κ3) is 4.58. The minimum Gasteiger partial charge on any atom is -0.381 e. The zero-order chi connectivity index (χ0) is 25.4. The topological polar surface area (TPSA) is 82.4 Å². The van der Waals surface area contributed by atoms with E-state index in [2.05, 4.69) is 10.1 Å². The Kier molecular flexibility index (Phi) is 6.35. The normalized spacial score (nSPS) is 16.9. The van der Waals surface area contributed by atoms with Gasteiger partial charge in [0.05, 0.1) is 48.4 Å². The predicted octanol–water partition coefficient (Wildman–Crippen LogP) is 4.26. The number of amides is 1. The highest BCUT2D eigenvalue weighted by molar-refractivity contribution is 5.97. The number of benzene rings is 2. The Morgan fingerprint density at radius 3 is 2.43 bits per heavy atom. The van der Waals surface area contributed by atoms with Crippen LogP contribution in [0.25, 0.3) is 33.4 Å². The van der Waals surface area contributed by atoms with Crippen LogP contribution in [-0.4, -0.2) is 70.1 Å². The molecule has 37 heavy (non-hydrogen) atoms. The molecule has 2 aromatic carbocycles. The van der Waals surface area contributed by atoms with E-state index in [1.54, 1.807) is 30.6 Å². The lowest BCUT2D eigenvalue weighted by molar-refractivity contribution is 0.0296. The molecule has 8 nitrogen and oxygen atoms in total. The van der Waals surface area contributed by atoms with Crippen LogP contribution in [0.5, 0.6) is 0 Å². The second-order valence-corrected chi connectivity index (χ2v) is 9.20. The maximum atomic E-state index is 15.2. The third-order valence-electron chi connectivity index (χ3n) is 6.90. The predicted molar refractivity (Wildman–Crippen MR) is 132 cm³/mol. The molecule has 1 amide bonds. The Morgan fingerprint density at radius 2 is 1.68 bits per heavy atom. The van der Waals surface area contributed by atoms with Crippen molar-refractivity contribution in [1.29, 1.82) is 0 Å². The molecule has 4 heterocycles. The van der Waals surface area contributed by atoms with Crippen molar-refractivity contribution in [2.24, 2.45) is 0 Å². The van der Waals surface area contributed by atoms with Crippen LogP contribution in [0.4, 0.5) is 8.78 Å². The number of halogens is 2. The number of ether oxygens (including phenoxy) is 2. The van der Waals surface area contributed by atoms with E-state index in [-0.39, 0.29) is 11.6 Å². The Bertz CT molecular complexity index is 1440. The summed E-state index contributed by atoms with van der Waals surface area (Å²) in [6.07, 6.45) is 7.16. The van der Waals surface area contributed by atoms with Gasteiger partial charge >= 0.3 is 0 Å². The van der Waals surface area contributed by atoms with Crippen molar-refractivity contribution in [3.05, 3.63) is 66.1 Å². The number of para-hydroxylation sites is 1. The Hall–Kier alpha value is -3.76. The van der Waals surface area contributed by atoms with Gasteiger partial charge in [0.1, 0.15) is 17.2 Å². The lowest BCUT2D eigenvalue weighted by atomic mass is 10.0. The van der Waals surface area contributed by atoms with Crippen LogP contribution in [0.1, 0.15) is 29.2 Å². The first-order valence-electron chi connectivity index (χ1n) is 12.3. The second-order valence-electron chi connectivity index (χ2n) is 9.20. The summed E-state index contributed by atoms with van der Waals surface area (Å²) in [5.74, 6) is -2.50. The summed E-state index contributed by atoms with van der Waals surface area (Å²) >= 11 is 0. The molecule has 2 saturated heterocycles. The van der Waals surface area contributed by atoms with Gasteiger partial charge in [0.25, 0.3) is 5.91 Å². The number of aromatic nitrogens is 4. The molecule has 0 unspecified atom stereocenters. The molecule has 0 atom stereocenters. The summed E-state index contributed by atoms with van der Waals surface area (Å²) in [5, 5.41) is 4.52. The van der Waals surface area contributed by atoms with Crippen molar-refractivity contribution in [3.63, 3.8) is 0 Å². The van der Waals surface area contributed by atoms with Crippen molar-refractivity contribution < 1.29 is 23.0 Å². The van der Waals surface area contributed by atoms with E-state index in [4.69, 9.17) is 14.5 Å². The van der Waals surface area contributed by atoms with Gasteiger partial charge in [-0.05, 0) is 36.6 Å². The van der Waals surface area contributed by atoms with Gasteiger partial charge in [0.15, 0.2) is 0 Å². The van der Waals surface area contributed by atoms with Crippen LogP contribution in [0.3, 0.4) is 0 Å². The van der Waals surface area contributed by atoms with E-state index in [0.717, 1.165) is 18.4 Å². The van der Waals surface area contributed by atoms with Crippen LogP contribution >= 0.6 is 0 Å². The Morgan fingerprint density at radius 1 is 0.946 bits per heavy atom. The summed E-state index contributed by atoms with van der Waals surface area (Å²) < 4.78 is 42.9. The van der Waals surface area contributed by atoms with Crippen molar-refractivity contribution in [2.75, 3.05) is 39.5 Å². The molecule has 10 heteroatoms. The van der Waals surface area contributed by atoms with Crippen LogP contribution in [0, 0.1) is 11.6 Å². The summed E-state index contributed by atoms with van der Waals surface area (Å²) in [6.45, 7) is 2.71. The number of rotatable bonds is 4. The molecule has 4 aromatic rings. The average molecular weight is 506 g/mol. The van der Waals surface area contributed by atoms with Gasteiger partial charge in [-0.15, -0.1) is 0 Å². The van der Waals surface area contributed by atoms with Gasteiger partial charge in [0.2, 0.25) is 0 Å². The van der Waals surface area contributed by atoms with Crippen molar-refractivity contribution >= 4 is 16.9 Å². The third-order valence-corrected chi connectivity index (χ3v) is 6.90. The van der Waals surface area contributed by atoms with Crippen LogP contribution in [0.2, 0.25) is 0 Å². The van der Waals surface area contributed by atoms with Crippen molar-refractivity contribution in [1.82, 2.24) is 24.6 Å². The Balaban J connectivity index is 1.35. The van der Waals surface area contributed by atoms with Gasteiger partial charge < -0.3 is 14.4 Å². The number of hydrogen-bond acceptors (Lipinski definition) is 6. The smallest absolute Gasteiger partial charge is 0.259 e. The molecule has 190 valence electrons. The number of carbonyl (C=O) groups excluding carboxylic acids is 1. The molecule has 0 spiro atoms. The highest BCUT2D eigenvalue weighted by Crippen LogP contribution is 2.31. The van der Waals surface area contributed by atoms with E-state index in [0.29, 0.717) is 61.8 Å². The lowest BCUT2D eigenvalue weighted by Crippen LogP contribution is -2.41. The van der Waals surface area contributed by atoms with Crippen LogP contribution in [0.15, 0.2) is 48.9 Å². The van der Waals surface area contributed by atoms with Crippen molar-refractivity contribution in [3.8, 4) is 22.4 Å². The summed E-state index contributed by atoms with van der Waals surface area (Å²) in [4.78, 5) is 23.5. The van der Waals surface area contributed by atoms with Gasteiger partial charge in [-0.2, -0.15) is 5.10 Å². The largest absolute Gasteiger partial charge is 0.381 e. The van der Waals surface area contributed by atoms with E-state index in [9.17, 15) is 4.79 Å². The molecule has 2 aliphatic rings. The SMILES string of the molecule is O=C(c1c(F)cc(-c2cccc3ncc(-c4cnn(C5CCOCC5)c4)nc23)cc1F)N1CCOCC1. The number of fused-ring (bicyclic) bond motifs is 1. The highest BCUT2D eigenvalue weighted by Gasteiger charge is 2.26. The molecular weight excluding hydrogens is 480 g/mol. The summed E-state index contributed by atoms with van der Waals surface area (Å²) in [7, 11) is 0. The van der Waals surface area contributed by atoms with Gasteiger partial charge in [-0.25, -0.2) is 13.8 Å². The van der Waals surface area contributed by atoms with Gasteiger partial charge in [-0.1, -0.05) is 12.1 Å². The standard InChI is InChI=1S/C27H25F2N5O3/c28-21-12-17(13-22(29)25(21)27(35)33-6-10-37-11-7-33)20-2-1-3-23-26(20)32-24(15-30-23)18-14-31-34(16-18)19-4-8-36-9-5-19/h1-3,12-16,19H,4-11H2. The van der Waals surface area contributed by atoms with E-state index in [1.807, 2.05) is 10.9 Å². The average Bonchev–Trinajstić information content (AvgIpc) is 3.43. The molecule has 6 rings (SSSR count). The summed E-state index contributed by atoms with van der Waals surface area (Å²) in [5.41, 5.74) is 2.75. The maximum absolute atomic E-state index is 15.2. The van der Waals surface area contributed by atoms with Gasteiger partial charge in [0, 0.05) is 43.6 Å². The van der Waals surface area contributed by atoms with Crippen LogP contribution < -0.4 is 0 Å². The van der Waals surface area contributed by atoms with E-state index < -0.39 is 23.1 Å². The highest BCUT2D eigenvalue weighted by atomic mass is 19.1. The van der Waals surface area contributed by atoms with Crippen LogP contribution in [-0.2, 0) is 9.47 Å². The quantitative estimate of drug-likeness (QED) is 0.412. The fourth-order valence-electron chi connectivity index (χ4n) is 4.88. The monoisotopic (exact) mass is 505 g/mol. The minimum absolute atomic E-state index is 0.274. The van der Waals surface area contributed by atoms with E-state index >= 15 is 8.78 Å². The number of hydrogen-bond donors (Lipinski definition) is 0. The number of carbonyl (C=O) groups is 1. The number of morpholine rings is 1. The first-order chi connectivity index (χ1) is 18.1. The lowest BCUT2D eigenvalue weighted by Gasteiger charge is -2.27. The molecular formula is C27H25F2N5O3. The zero-order valence-corrected chi connectivity index (χ0v) is 20.1. The molecule has 2 aliphatic heterocycles. The molecule has 0 N–H and O–H groups in total. The van der Waals surface area contributed by atoms with Crippen molar-refractivity contribution in [2.45, 2.75) is 18.9 Å². The minimum atomic E-state index is -0.912. The number of nitrogens with zero attached hydrogens (tertiary/aromatic N) is 5. The molecule has 2 aromatic heterocycles. The van der Waals surface area contributed by atoms with Gasteiger partial charge in [-0.3, -0.25) is 14.5 Å². The molecule has 2 fully saturated rings. The summed E-state index contributed by atoms with van der Waals surface area (Å²) in [6, 6.07) is 7.94. The fourth-order valence-corrected chi connectivity index (χ4v) is 4.88. The molecule has 0 saturated carbocycles. The van der Waals surface area contributed by atoms with E-state index in [1.165, 1.54) is 17.0 Å². The fraction of sp³-hybridized carbons (Fsp3) is 0.333.